The predicted octanol–water partition coefficient (Wildman–Crippen LogP) is 4.30. The summed E-state index contributed by atoms with van der Waals surface area (Å²) in [6.45, 7) is 8.87. The van der Waals surface area contributed by atoms with E-state index in [0.29, 0.717) is 31.5 Å². The summed E-state index contributed by atoms with van der Waals surface area (Å²) in [4.78, 5) is 18.0. The number of halogens is 1. The monoisotopic (exact) mass is 454 g/mol. The first-order valence-corrected chi connectivity index (χ1v) is 12.1. The molecule has 0 radical (unpaired) electrons. The van der Waals surface area contributed by atoms with Crippen LogP contribution in [-0.2, 0) is 22.5 Å². The van der Waals surface area contributed by atoms with Crippen molar-refractivity contribution in [3.05, 3.63) is 65.5 Å². The Bertz CT molecular complexity index is 901. The molecule has 6 heteroatoms. The van der Waals surface area contributed by atoms with E-state index in [1.54, 1.807) is 12.1 Å². The third kappa shape index (κ3) is 6.55. The Balaban J connectivity index is 1.46. The van der Waals surface area contributed by atoms with E-state index >= 15 is 0 Å². The van der Waals surface area contributed by atoms with Crippen LogP contribution in [0, 0.1) is 11.7 Å². The Hall–Kier alpha value is -2.44. The summed E-state index contributed by atoms with van der Waals surface area (Å²) in [6, 6.07) is 14.8. The van der Waals surface area contributed by atoms with Crippen LogP contribution >= 0.6 is 0 Å². The lowest BCUT2D eigenvalue weighted by molar-refractivity contribution is -0.136. The van der Waals surface area contributed by atoms with Crippen molar-refractivity contribution in [2.75, 3.05) is 32.9 Å². The standard InChI is InChI=1S/C27H35FN2O3/c1-20(2)18-33-26-9-5-21(6-10-26)15-27(31)30(17-22-3-7-23(28)8-4-22)24-11-12-29-13-14-32-19-25(29)16-24/h3-10,20,24-25H,11-19H2,1-2H3/t24-,25+/m0/s1. The average molecular weight is 455 g/mol. The Morgan fingerprint density at radius 2 is 1.85 bits per heavy atom. The van der Waals surface area contributed by atoms with Crippen LogP contribution in [0.4, 0.5) is 4.39 Å². The topological polar surface area (TPSA) is 42.0 Å². The molecule has 2 aromatic carbocycles. The van der Waals surface area contributed by atoms with Gasteiger partial charge >= 0.3 is 0 Å². The molecule has 2 saturated heterocycles. The molecule has 0 N–H and O–H groups in total. The van der Waals surface area contributed by atoms with Crippen LogP contribution in [0.15, 0.2) is 48.5 Å². The smallest absolute Gasteiger partial charge is 0.227 e. The quantitative estimate of drug-likeness (QED) is 0.597. The maximum atomic E-state index is 13.5. The molecule has 2 aromatic rings. The van der Waals surface area contributed by atoms with Crippen LogP contribution in [0.25, 0.3) is 0 Å². The third-order valence-electron chi connectivity index (χ3n) is 6.53. The molecule has 0 bridgehead atoms. The lowest BCUT2D eigenvalue weighted by Gasteiger charge is -2.45. The zero-order valence-corrected chi connectivity index (χ0v) is 19.7. The molecule has 1 amide bonds. The second-order valence-electron chi connectivity index (χ2n) is 9.62. The van der Waals surface area contributed by atoms with Gasteiger partial charge < -0.3 is 14.4 Å². The molecule has 178 valence electrons. The second kappa shape index (κ2) is 11.1. The lowest BCUT2D eigenvalue weighted by Crippen LogP contribution is -2.55. The highest BCUT2D eigenvalue weighted by Gasteiger charge is 2.35. The molecule has 0 unspecified atom stereocenters. The summed E-state index contributed by atoms with van der Waals surface area (Å²) in [5.74, 6) is 1.13. The van der Waals surface area contributed by atoms with Gasteiger partial charge in [-0.2, -0.15) is 0 Å². The van der Waals surface area contributed by atoms with Crippen LogP contribution in [-0.4, -0.2) is 60.7 Å². The summed E-state index contributed by atoms with van der Waals surface area (Å²) in [6.07, 6.45) is 2.20. The van der Waals surface area contributed by atoms with Crippen molar-refractivity contribution in [3.8, 4) is 5.75 Å². The Labute approximate surface area is 196 Å². The average Bonchev–Trinajstić information content (AvgIpc) is 2.83. The molecule has 2 fully saturated rings. The molecule has 2 heterocycles. The number of nitrogens with zero attached hydrogens (tertiary/aromatic N) is 2. The maximum absolute atomic E-state index is 13.5. The lowest BCUT2D eigenvalue weighted by atomic mass is 9.94. The van der Waals surface area contributed by atoms with Gasteiger partial charge in [0.25, 0.3) is 0 Å². The van der Waals surface area contributed by atoms with Crippen molar-refractivity contribution >= 4 is 5.91 Å². The molecule has 0 aliphatic carbocycles. The fourth-order valence-corrected chi connectivity index (χ4v) is 4.68. The number of piperidine rings is 1. The number of ether oxygens (including phenoxy) is 2. The van der Waals surface area contributed by atoms with Gasteiger partial charge in [-0.25, -0.2) is 4.39 Å². The van der Waals surface area contributed by atoms with Gasteiger partial charge in [-0.15, -0.1) is 0 Å². The molecular formula is C27H35FN2O3. The second-order valence-corrected chi connectivity index (χ2v) is 9.62. The van der Waals surface area contributed by atoms with Gasteiger partial charge in [0.05, 0.1) is 26.2 Å². The largest absolute Gasteiger partial charge is 0.493 e. The maximum Gasteiger partial charge on any atom is 0.227 e. The Kier molecular flexibility index (Phi) is 7.99. The summed E-state index contributed by atoms with van der Waals surface area (Å²) in [7, 11) is 0. The summed E-state index contributed by atoms with van der Waals surface area (Å²) >= 11 is 0. The van der Waals surface area contributed by atoms with Crippen LogP contribution in [0.2, 0.25) is 0 Å². The number of amides is 1. The van der Waals surface area contributed by atoms with Gasteiger partial charge in [-0.3, -0.25) is 9.69 Å². The Morgan fingerprint density at radius 3 is 2.58 bits per heavy atom. The van der Waals surface area contributed by atoms with Crippen molar-refractivity contribution in [3.63, 3.8) is 0 Å². The molecule has 4 rings (SSSR count). The number of carbonyl (C=O) groups excluding carboxylic acids is 1. The number of hydrogen-bond acceptors (Lipinski definition) is 4. The van der Waals surface area contributed by atoms with E-state index in [1.807, 2.05) is 29.2 Å². The van der Waals surface area contributed by atoms with Gasteiger partial charge in [0.1, 0.15) is 11.6 Å². The molecular weight excluding hydrogens is 419 g/mol. The molecule has 5 nitrogen and oxygen atoms in total. The number of benzene rings is 2. The Morgan fingerprint density at radius 1 is 1.12 bits per heavy atom. The van der Waals surface area contributed by atoms with Crippen molar-refractivity contribution < 1.29 is 18.7 Å². The van der Waals surface area contributed by atoms with Crippen molar-refractivity contribution in [1.29, 1.82) is 0 Å². The van der Waals surface area contributed by atoms with Gasteiger partial charge in [0, 0.05) is 31.7 Å². The molecule has 33 heavy (non-hydrogen) atoms. The predicted molar refractivity (Wildman–Crippen MR) is 127 cm³/mol. The van der Waals surface area contributed by atoms with Crippen LogP contribution < -0.4 is 4.74 Å². The zero-order chi connectivity index (χ0) is 23.2. The minimum Gasteiger partial charge on any atom is -0.493 e. The fourth-order valence-electron chi connectivity index (χ4n) is 4.68. The van der Waals surface area contributed by atoms with E-state index in [2.05, 4.69) is 18.7 Å². The van der Waals surface area contributed by atoms with E-state index < -0.39 is 0 Å². The molecule has 2 aliphatic rings. The zero-order valence-electron chi connectivity index (χ0n) is 19.7. The van der Waals surface area contributed by atoms with Crippen molar-refractivity contribution in [2.45, 2.75) is 51.7 Å². The molecule has 0 spiro atoms. The minimum absolute atomic E-state index is 0.102. The number of carbonyl (C=O) groups is 1. The van der Waals surface area contributed by atoms with E-state index in [-0.39, 0.29) is 17.8 Å². The van der Waals surface area contributed by atoms with Crippen LogP contribution in [0.3, 0.4) is 0 Å². The van der Waals surface area contributed by atoms with Crippen LogP contribution in [0.5, 0.6) is 5.75 Å². The van der Waals surface area contributed by atoms with E-state index in [0.717, 1.165) is 56.0 Å². The van der Waals surface area contributed by atoms with E-state index in [4.69, 9.17) is 9.47 Å². The number of rotatable bonds is 8. The number of morpholine rings is 1. The molecule has 2 atom stereocenters. The number of hydrogen-bond donors (Lipinski definition) is 0. The molecule has 2 aliphatic heterocycles. The summed E-state index contributed by atoms with van der Waals surface area (Å²) < 4.78 is 24.9. The first-order chi connectivity index (χ1) is 16.0. The van der Waals surface area contributed by atoms with Gasteiger partial charge in [-0.05, 0) is 54.2 Å². The summed E-state index contributed by atoms with van der Waals surface area (Å²) in [5, 5.41) is 0. The summed E-state index contributed by atoms with van der Waals surface area (Å²) in [5.41, 5.74) is 1.92. The van der Waals surface area contributed by atoms with Crippen LogP contribution in [0.1, 0.15) is 37.8 Å². The fraction of sp³-hybridized carbons (Fsp3) is 0.519. The highest BCUT2D eigenvalue weighted by atomic mass is 19.1. The van der Waals surface area contributed by atoms with Gasteiger partial charge in [0.15, 0.2) is 0 Å². The van der Waals surface area contributed by atoms with E-state index in [1.165, 1.54) is 12.1 Å². The SMILES string of the molecule is CC(C)COc1ccc(CC(=O)N(Cc2ccc(F)cc2)[C@H]2CCN3CCOC[C@H]3C2)cc1. The highest BCUT2D eigenvalue weighted by molar-refractivity contribution is 5.79. The normalized spacial score (nSPS) is 21.0. The first-order valence-electron chi connectivity index (χ1n) is 12.1. The van der Waals surface area contributed by atoms with Crippen molar-refractivity contribution in [1.82, 2.24) is 9.80 Å². The van der Waals surface area contributed by atoms with Gasteiger partial charge in [-0.1, -0.05) is 38.1 Å². The van der Waals surface area contributed by atoms with Crippen molar-refractivity contribution in [2.24, 2.45) is 5.92 Å². The van der Waals surface area contributed by atoms with E-state index in [9.17, 15) is 9.18 Å². The minimum atomic E-state index is -0.260. The first kappa shape index (κ1) is 23.7. The number of fused-ring (bicyclic) bond motifs is 1. The highest BCUT2D eigenvalue weighted by Crippen LogP contribution is 2.26. The molecule has 0 saturated carbocycles. The molecule has 0 aromatic heterocycles. The van der Waals surface area contributed by atoms with Gasteiger partial charge in [0.2, 0.25) is 5.91 Å². The third-order valence-corrected chi connectivity index (χ3v) is 6.53.